The van der Waals surface area contributed by atoms with Crippen LogP contribution >= 0.6 is 0 Å². The highest BCUT2D eigenvalue weighted by atomic mass is 16.5. The molecule has 0 saturated carbocycles. The van der Waals surface area contributed by atoms with Crippen molar-refractivity contribution >= 4 is 0 Å². The molecule has 29 heavy (non-hydrogen) atoms. The smallest absolute Gasteiger partial charge is 0.130 e. The number of benzene rings is 1. The third kappa shape index (κ3) is 7.70. The minimum Gasteiger partial charge on any atom is -0.491 e. The second-order valence-electron chi connectivity index (χ2n) is 7.52. The van der Waals surface area contributed by atoms with Crippen molar-refractivity contribution in [2.75, 3.05) is 46.0 Å². The number of aliphatic hydroxyl groups is 1. The van der Waals surface area contributed by atoms with Crippen LogP contribution in [-0.4, -0.2) is 72.1 Å². The SMILES string of the molecule is Cc1cc(C)nc(CCNCc2cccc(OCC(O)CN3CCOCC3)c2)n1. The number of nitrogens with zero attached hydrogens (tertiary/aromatic N) is 3. The van der Waals surface area contributed by atoms with Gasteiger partial charge < -0.3 is 19.9 Å². The standard InChI is InChI=1S/C22H32N4O3/c1-17-12-18(2)25-22(24-17)6-7-23-14-19-4-3-5-21(13-19)29-16-20(27)15-26-8-10-28-11-9-26/h3-5,12-13,20,23,27H,6-11,14-16H2,1-2H3. The summed E-state index contributed by atoms with van der Waals surface area (Å²) in [5.74, 6) is 1.66. The molecule has 1 aliphatic heterocycles. The van der Waals surface area contributed by atoms with E-state index in [4.69, 9.17) is 9.47 Å². The molecule has 0 bridgehead atoms. The summed E-state index contributed by atoms with van der Waals surface area (Å²) in [5, 5.41) is 13.7. The molecule has 2 aromatic rings. The molecule has 1 aromatic carbocycles. The average Bonchev–Trinajstić information content (AvgIpc) is 2.70. The van der Waals surface area contributed by atoms with Crippen LogP contribution in [0, 0.1) is 13.8 Å². The Bertz CT molecular complexity index is 745. The highest BCUT2D eigenvalue weighted by molar-refractivity contribution is 5.28. The fraction of sp³-hybridized carbons (Fsp3) is 0.545. The lowest BCUT2D eigenvalue weighted by Gasteiger charge is -2.28. The van der Waals surface area contributed by atoms with Gasteiger partial charge in [-0.2, -0.15) is 0 Å². The summed E-state index contributed by atoms with van der Waals surface area (Å²) in [6, 6.07) is 9.97. The van der Waals surface area contributed by atoms with Gasteiger partial charge in [-0.3, -0.25) is 4.90 Å². The molecule has 1 aromatic heterocycles. The zero-order valence-corrected chi connectivity index (χ0v) is 17.4. The third-order valence-electron chi connectivity index (χ3n) is 4.80. The largest absolute Gasteiger partial charge is 0.491 e. The van der Waals surface area contributed by atoms with Crippen LogP contribution in [0.4, 0.5) is 0 Å². The van der Waals surface area contributed by atoms with Gasteiger partial charge in [-0.05, 0) is 37.6 Å². The van der Waals surface area contributed by atoms with E-state index in [2.05, 4.69) is 26.3 Å². The van der Waals surface area contributed by atoms with Gasteiger partial charge in [0.15, 0.2) is 0 Å². The molecule has 7 heteroatoms. The van der Waals surface area contributed by atoms with Gasteiger partial charge in [0.1, 0.15) is 24.3 Å². The number of nitrogens with one attached hydrogen (secondary N) is 1. The van der Waals surface area contributed by atoms with E-state index in [-0.39, 0.29) is 6.61 Å². The van der Waals surface area contributed by atoms with E-state index in [1.54, 1.807) is 0 Å². The van der Waals surface area contributed by atoms with Gasteiger partial charge >= 0.3 is 0 Å². The maximum absolute atomic E-state index is 10.2. The summed E-state index contributed by atoms with van der Waals surface area (Å²) >= 11 is 0. The highest BCUT2D eigenvalue weighted by Crippen LogP contribution is 2.14. The molecule has 1 unspecified atom stereocenters. The van der Waals surface area contributed by atoms with Crippen molar-refractivity contribution < 1.29 is 14.6 Å². The van der Waals surface area contributed by atoms with Crippen LogP contribution in [0.5, 0.6) is 5.75 Å². The van der Waals surface area contributed by atoms with Crippen LogP contribution in [0.25, 0.3) is 0 Å². The summed E-state index contributed by atoms with van der Waals surface area (Å²) < 4.78 is 11.1. The Morgan fingerprint density at radius 3 is 2.69 bits per heavy atom. The lowest BCUT2D eigenvalue weighted by molar-refractivity contribution is 0.00465. The van der Waals surface area contributed by atoms with Crippen LogP contribution in [-0.2, 0) is 17.7 Å². The Morgan fingerprint density at radius 2 is 1.93 bits per heavy atom. The molecule has 0 amide bonds. The number of aliphatic hydroxyl groups excluding tert-OH is 1. The first-order valence-electron chi connectivity index (χ1n) is 10.3. The van der Waals surface area contributed by atoms with Gasteiger partial charge in [0.2, 0.25) is 0 Å². The molecule has 2 N–H and O–H groups in total. The summed E-state index contributed by atoms with van der Waals surface area (Å²) in [6.45, 7) is 9.66. The number of morpholine rings is 1. The van der Waals surface area contributed by atoms with Crippen molar-refractivity contribution in [3.8, 4) is 5.75 Å². The van der Waals surface area contributed by atoms with E-state index in [0.717, 1.165) is 74.3 Å². The van der Waals surface area contributed by atoms with Crippen molar-refractivity contribution in [1.29, 1.82) is 0 Å². The van der Waals surface area contributed by atoms with Crippen molar-refractivity contribution in [2.24, 2.45) is 0 Å². The third-order valence-corrected chi connectivity index (χ3v) is 4.80. The van der Waals surface area contributed by atoms with Crippen LogP contribution < -0.4 is 10.1 Å². The molecule has 1 fully saturated rings. The number of β-amino-alcohol motifs (C(OH)–C–C–N with tert-alkyl or cyclic N) is 1. The van der Waals surface area contributed by atoms with Crippen molar-refractivity contribution in [1.82, 2.24) is 20.2 Å². The Kier molecular flexibility index (Phi) is 8.37. The quantitative estimate of drug-likeness (QED) is 0.585. The van der Waals surface area contributed by atoms with E-state index < -0.39 is 6.10 Å². The highest BCUT2D eigenvalue weighted by Gasteiger charge is 2.15. The molecule has 7 nitrogen and oxygen atoms in total. The minimum absolute atomic E-state index is 0.290. The van der Waals surface area contributed by atoms with Crippen molar-refractivity contribution in [3.63, 3.8) is 0 Å². The molecule has 158 valence electrons. The predicted molar refractivity (Wildman–Crippen MR) is 112 cm³/mol. The van der Waals surface area contributed by atoms with Crippen molar-refractivity contribution in [3.05, 3.63) is 53.1 Å². The molecule has 1 aliphatic rings. The Hall–Kier alpha value is -2.06. The number of hydrogen-bond acceptors (Lipinski definition) is 7. The molecule has 2 heterocycles. The van der Waals surface area contributed by atoms with Gasteiger partial charge in [0.25, 0.3) is 0 Å². The van der Waals surface area contributed by atoms with Crippen LogP contribution in [0.15, 0.2) is 30.3 Å². The summed E-state index contributed by atoms with van der Waals surface area (Å²) in [5.41, 5.74) is 3.16. The monoisotopic (exact) mass is 400 g/mol. The summed E-state index contributed by atoms with van der Waals surface area (Å²) in [7, 11) is 0. The average molecular weight is 401 g/mol. The Morgan fingerprint density at radius 1 is 1.17 bits per heavy atom. The van der Waals surface area contributed by atoms with Crippen LogP contribution in [0.3, 0.4) is 0 Å². The number of rotatable bonds is 10. The van der Waals surface area contributed by atoms with E-state index in [0.29, 0.717) is 6.54 Å². The van der Waals surface area contributed by atoms with Gasteiger partial charge in [-0.25, -0.2) is 9.97 Å². The fourth-order valence-corrected chi connectivity index (χ4v) is 3.42. The van der Waals surface area contributed by atoms with Gasteiger partial charge in [0, 0.05) is 50.5 Å². The van der Waals surface area contributed by atoms with E-state index in [1.165, 1.54) is 0 Å². The zero-order chi connectivity index (χ0) is 20.5. The Labute approximate surface area is 173 Å². The van der Waals surface area contributed by atoms with Crippen molar-refractivity contribution in [2.45, 2.75) is 32.9 Å². The number of aryl methyl sites for hydroxylation is 2. The summed E-state index contributed by atoms with van der Waals surface area (Å²) in [6.07, 6.45) is 0.291. The first kappa shape index (κ1) is 21.6. The number of ether oxygens (including phenoxy) is 2. The molecular weight excluding hydrogens is 368 g/mol. The van der Waals surface area contributed by atoms with Crippen LogP contribution in [0.2, 0.25) is 0 Å². The van der Waals surface area contributed by atoms with E-state index in [9.17, 15) is 5.11 Å². The van der Waals surface area contributed by atoms with Gasteiger partial charge in [-0.15, -0.1) is 0 Å². The Balaban J connectivity index is 1.38. The second kappa shape index (κ2) is 11.2. The summed E-state index contributed by atoms with van der Waals surface area (Å²) in [4.78, 5) is 11.1. The fourth-order valence-electron chi connectivity index (χ4n) is 3.42. The molecular formula is C22H32N4O3. The molecule has 0 aliphatic carbocycles. The maximum atomic E-state index is 10.2. The topological polar surface area (TPSA) is 79.7 Å². The zero-order valence-electron chi connectivity index (χ0n) is 17.4. The lowest BCUT2D eigenvalue weighted by atomic mass is 10.2. The van der Waals surface area contributed by atoms with Gasteiger partial charge in [-0.1, -0.05) is 12.1 Å². The predicted octanol–water partition coefficient (Wildman–Crippen LogP) is 1.50. The van der Waals surface area contributed by atoms with Crippen LogP contribution in [0.1, 0.15) is 22.8 Å². The second-order valence-corrected chi connectivity index (χ2v) is 7.52. The minimum atomic E-state index is -0.507. The van der Waals surface area contributed by atoms with Gasteiger partial charge in [0.05, 0.1) is 13.2 Å². The molecule has 3 rings (SSSR count). The molecule has 0 spiro atoms. The molecule has 1 saturated heterocycles. The maximum Gasteiger partial charge on any atom is 0.130 e. The normalized spacial score (nSPS) is 16.0. The van der Waals surface area contributed by atoms with E-state index in [1.807, 2.05) is 38.1 Å². The lowest BCUT2D eigenvalue weighted by Crippen LogP contribution is -2.42. The number of hydrogen-bond donors (Lipinski definition) is 2. The molecule has 1 atom stereocenters. The first-order chi connectivity index (χ1) is 14.1. The first-order valence-corrected chi connectivity index (χ1v) is 10.3. The number of aromatic nitrogens is 2. The van der Waals surface area contributed by atoms with E-state index >= 15 is 0 Å². The molecule has 0 radical (unpaired) electrons.